The molecule has 0 radical (unpaired) electrons. The van der Waals surface area contributed by atoms with E-state index >= 15 is 0 Å². The molecule has 0 bridgehead atoms. The number of halogens is 1. The van der Waals surface area contributed by atoms with Crippen LogP contribution in [0.2, 0.25) is 0 Å². The Bertz CT molecular complexity index is 1010. The number of benzene rings is 2. The Morgan fingerprint density at radius 1 is 0.969 bits per heavy atom. The van der Waals surface area contributed by atoms with Crippen LogP contribution in [0.3, 0.4) is 0 Å². The Morgan fingerprint density at radius 2 is 1.66 bits per heavy atom. The molecule has 0 saturated carbocycles. The maximum Gasteiger partial charge on any atom is 0.226 e. The van der Waals surface area contributed by atoms with E-state index < -0.39 is 0 Å². The van der Waals surface area contributed by atoms with Crippen molar-refractivity contribution < 1.29 is 18.6 Å². The van der Waals surface area contributed by atoms with E-state index in [1.807, 2.05) is 43.3 Å². The molecule has 1 heterocycles. The zero-order chi connectivity index (χ0) is 22.1. The van der Waals surface area contributed by atoms with Crippen LogP contribution in [0.4, 0.5) is 0 Å². The highest BCUT2D eigenvalue weighted by atomic mass is 127. The molecule has 2 N–H and O–H groups in total. The van der Waals surface area contributed by atoms with E-state index in [0.29, 0.717) is 42.2 Å². The SMILES string of the molecule is CCNC(=NCc1cc(OC)c(OC)cc1OC)NCc1coc(-c2ccccc2)n1.I. The van der Waals surface area contributed by atoms with Gasteiger partial charge in [0.05, 0.1) is 40.1 Å². The van der Waals surface area contributed by atoms with Gasteiger partial charge in [-0.2, -0.15) is 0 Å². The van der Waals surface area contributed by atoms with E-state index in [9.17, 15) is 0 Å². The van der Waals surface area contributed by atoms with Gasteiger partial charge >= 0.3 is 0 Å². The van der Waals surface area contributed by atoms with Crippen molar-refractivity contribution in [2.45, 2.75) is 20.0 Å². The van der Waals surface area contributed by atoms with Gasteiger partial charge in [-0.25, -0.2) is 9.98 Å². The molecule has 0 spiro atoms. The highest BCUT2D eigenvalue weighted by Gasteiger charge is 2.12. The summed E-state index contributed by atoms with van der Waals surface area (Å²) in [6, 6.07) is 13.5. The summed E-state index contributed by atoms with van der Waals surface area (Å²) in [4.78, 5) is 9.20. The molecular formula is C23H29IN4O4. The van der Waals surface area contributed by atoms with Gasteiger partial charge in [-0.3, -0.25) is 0 Å². The molecule has 1 aromatic heterocycles. The maximum atomic E-state index is 5.60. The minimum atomic E-state index is 0. The first kappa shape index (κ1) is 25.3. The van der Waals surface area contributed by atoms with Crippen LogP contribution in [0, 0.1) is 0 Å². The lowest BCUT2D eigenvalue weighted by Crippen LogP contribution is -2.36. The number of aliphatic imine (C=N–C) groups is 1. The molecule has 32 heavy (non-hydrogen) atoms. The van der Waals surface area contributed by atoms with Crippen LogP contribution in [-0.4, -0.2) is 38.8 Å². The van der Waals surface area contributed by atoms with Crippen LogP contribution >= 0.6 is 24.0 Å². The molecule has 0 saturated heterocycles. The van der Waals surface area contributed by atoms with Gasteiger partial charge in [0.15, 0.2) is 17.5 Å². The zero-order valence-electron chi connectivity index (χ0n) is 18.7. The van der Waals surface area contributed by atoms with Crippen molar-refractivity contribution in [2.24, 2.45) is 4.99 Å². The third-order valence-electron chi connectivity index (χ3n) is 4.55. The van der Waals surface area contributed by atoms with Gasteiger partial charge in [0, 0.05) is 23.7 Å². The summed E-state index contributed by atoms with van der Waals surface area (Å²) in [5.41, 5.74) is 2.60. The molecular weight excluding hydrogens is 523 g/mol. The molecule has 172 valence electrons. The third kappa shape index (κ3) is 6.52. The van der Waals surface area contributed by atoms with Crippen molar-refractivity contribution >= 4 is 29.9 Å². The van der Waals surface area contributed by atoms with E-state index in [1.165, 1.54) is 0 Å². The summed E-state index contributed by atoms with van der Waals surface area (Å²) in [5.74, 6) is 3.17. The Balaban J connectivity index is 0.00000363. The predicted molar refractivity (Wildman–Crippen MR) is 135 cm³/mol. The van der Waals surface area contributed by atoms with Crippen molar-refractivity contribution in [2.75, 3.05) is 27.9 Å². The topological polar surface area (TPSA) is 90.1 Å². The summed E-state index contributed by atoms with van der Waals surface area (Å²) in [7, 11) is 4.81. The summed E-state index contributed by atoms with van der Waals surface area (Å²) >= 11 is 0. The number of nitrogens with one attached hydrogen (secondary N) is 2. The van der Waals surface area contributed by atoms with Gasteiger partial charge in [-0.15, -0.1) is 24.0 Å². The van der Waals surface area contributed by atoms with Crippen molar-refractivity contribution in [3.05, 3.63) is 60.0 Å². The first-order valence-electron chi connectivity index (χ1n) is 9.99. The zero-order valence-corrected chi connectivity index (χ0v) is 21.0. The second-order valence-corrected chi connectivity index (χ2v) is 6.58. The smallest absolute Gasteiger partial charge is 0.226 e. The molecule has 0 aliphatic heterocycles. The number of ether oxygens (including phenoxy) is 3. The van der Waals surface area contributed by atoms with Gasteiger partial charge in [0.25, 0.3) is 0 Å². The average molecular weight is 552 g/mol. The molecule has 0 fully saturated rings. The number of aromatic nitrogens is 1. The molecule has 9 heteroatoms. The molecule has 0 atom stereocenters. The number of nitrogens with zero attached hydrogens (tertiary/aromatic N) is 2. The predicted octanol–water partition coefficient (Wildman–Crippen LogP) is 4.24. The van der Waals surface area contributed by atoms with E-state index in [2.05, 4.69) is 20.6 Å². The van der Waals surface area contributed by atoms with Gasteiger partial charge in [0.1, 0.15) is 12.0 Å². The van der Waals surface area contributed by atoms with Crippen LogP contribution in [0.5, 0.6) is 17.2 Å². The minimum Gasteiger partial charge on any atom is -0.496 e. The minimum absolute atomic E-state index is 0. The second-order valence-electron chi connectivity index (χ2n) is 6.58. The highest BCUT2D eigenvalue weighted by molar-refractivity contribution is 14.0. The van der Waals surface area contributed by atoms with E-state index in [0.717, 1.165) is 23.4 Å². The first-order chi connectivity index (χ1) is 15.2. The van der Waals surface area contributed by atoms with Gasteiger partial charge in [0.2, 0.25) is 5.89 Å². The third-order valence-corrected chi connectivity index (χ3v) is 4.55. The Morgan fingerprint density at radius 3 is 2.31 bits per heavy atom. The number of hydrogen-bond acceptors (Lipinski definition) is 6. The molecule has 0 amide bonds. The normalized spacial score (nSPS) is 10.8. The van der Waals surface area contributed by atoms with Crippen LogP contribution in [-0.2, 0) is 13.1 Å². The monoisotopic (exact) mass is 552 g/mol. The van der Waals surface area contributed by atoms with E-state index in [4.69, 9.17) is 18.6 Å². The van der Waals surface area contributed by atoms with Gasteiger partial charge in [-0.05, 0) is 25.1 Å². The summed E-state index contributed by atoms with van der Waals surface area (Å²) < 4.78 is 21.8. The van der Waals surface area contributed by atoms with Crippen LogP contribution < -0.4 is 24.8 Å². The van der Waals surface area contributed by atoms with Crippen LogP contribution in [0.15, 0.2) is 58.1 Å². The lowest BCUT2D eigenvalue weighted by molar-refractivity contribution is 0.347. The molecule has 8 nitrogen and oxygen atoms in total. The largest absolute Gasteiger partial charge is 0.496 e. The van der Waals surface area contributed by atoms with Crippen molar-refractivity contribution in [1.29, 1.82) is 0 Å². The summed E-state index contributed by atoms with van der Waals surface area (Å²) in [6.07, 6.45) is 1.65. The fourth-order valence-corrected chi connectivity index (χ4v) is 3.00. The van der Waals surface area contributed by atoms with E-state index in [1.54, 1.807) is 33.7 Å². The fourth-order valence-electron chi connectivity index (χ4n) is 3.00. The number of hydrogen-bond donors (Lipinski definition) is 2. The first-order valence-corrected chi connectivity index (χ1v) is 9.99. The summed E-state index contributed by atoms with van der Waals surface area (Å²) in [6.45, 7) is 3.61. The molecule has 3 aromatic rings. The van der Waals surface area contributed by atoms with Crippen molar-refractivity contribution in [3.8, 4) is 28.7 Å². The standard InChI is InChI=1S/C23H28N4O4.HI/c1-5-24-23(25-13-17-11-20(29-3)21(30-4)12-19(17)28-2)26-14-18-15-31-22(27-18)16-9-7-6-8-10-16;/h6-12,15H,5,13-14H2,1-4H3,(H2,24,25,26);1H. The van der Waals surface area contributed by atoms with Gasteiger partial charge < -0.3 is 29.3 Å². The Hall–Kier alpha value is -2.95. The number of rotatable bonds is 9. The average Bonchev–Trinajstić information content (AvgIpc) is 3.30. The number of oxazole rings is 1. The van der Waals surface area contributed by atoms with Crippen LogP contribution in [0.25, 0.3) is 11.5 Å². The Kier molecular flexibility index (Phi) is 10.1. The number of guanidine groups is 1. The number of methoxy groups -OCH3 is 3. The molecule has 3 rings (SSSR count). The van der Waals surface area contributed by atoms with Crippen molar-refractivity contribution in [3.63, 3.8) is 0 Å². The Labute approximate surface area is 205 Å². The quantitative estimate of drug-likeness (QED) is 0.233. The second kappa shape index (κ2) is 12.8. The van der Waals surface area contributed by atoms with Crippen LogP contribution in [0.1, 0.15) is 18.2 Å². The molecule has 0 aliphatic rings. The molecule has 0 aliphatic carbocycles. The lowest BCUT2D eigenvalue weighted by Gasteiger charge is -2.14. The van der Waals surface area contributed by atoms with Gasteiger partial charge in [-0.1, -0.05) is 18.2 Å². The summed E-state index contributed by atoms with van der Waals surface area (Å²) in [5, 5.41) is 6.51. The van der Waals surface area contributed by atoms with Crippen molar-refractivity contribution in [1.82, 2.24) is 15.6 Å². The lowest BCUT2D eigenvalue weighted by atomic mass is 10.1. The van der Waals surface area contributed by atoms with E-state index in [-0.39, 0.29) is 24.0 Å². The highest BCUT2D eigenvalue weighted by Crippen LogP contribution is 2.34. The fraction of sp³-hybridized carbons (Fsp3) is 0.304. The maximum absolute atomic E-state index is 5.60. The molecule has 2 aromatic carbocycles. The molecule has 0 unspecified atom stereocenters.